The number of piperidine rings is 1. The summed E-state index contributed by atoms with van der Waals surface area (Å²) < 4.78 is 0. The third kappa shape index (κ3) is 2.55. The van der Waals surface area contributed by atoms with Gasteiger partial charge in [0.1, 0.15) is 0 Å². The molecule has 0 saturated carbocycles. The molecule has 114 valence electrons. The van der Waals surface area contributed by atoms with Gasteiger partial charge in [-0.05, 0) is 38.6 Å². The summed E-state index contributed by atoms with van der Waals surface area (Å²) >= 11 is 0. The number of hydrogen-bond donors (Lipinski definition) is 2. The van der Waals surface area contributed by atoms with Crippen molar-refractivity contribution in [2.45, 2.75) is 46.1 Å². The predicted octanol–water partition coefficient (Wildman–Crippen LogP) is 0.735. The average molecular weight is 281 g/mol. The van der Waals surface area contributed by atoms with Gasteiger partial charge < -0.3 is 16.0 Å². The first-order valence-corrected chi connectivity index (χ1v) is 7.69. The van der Waals surface area contributed by atoms with E-state index in [9.17, 15) is 9.59 Å². The smallest absolute Gasteiger partial charge is 0.230 e. The molecule has 0 aliphatic carbocycles. The van der Waals surface area contributed by atoms with Crippen molar-refractivity contribution in [3.05, 3.63) is 0 Å². The Bertz CT molecular complexity index is 389. The number of likely N-dealkylation sites (tertiary alicyclic amines) is 1. The summed E-state index contributed by atoms with van der Waals surface area (Å²) in [6.07, 6.45) is 2.54. The van der Waals surface area contributed by atoms with Crippen LogP contribution in [0.15, 0.2) is 0 Å². The van der Waals surface area contributed by atoms with E-state index in [2.05, 4.69) is 26.1 Å². The largest absolute Gasteiger partial charge is 0.369 e. The maximum absolute atomic E-state index is 13.1. The molecule has 0 spiro atoms. The van der Waals surface area contributed by atoms with Crippen LogP contribution in [0.3, 0.4) is 0 Å². The van der Waals surface area contributed by atoms with E-state index in [1.165, 1.54) is 0 Å². The fourth-order valence-corrected chi connectivity index (χ4v) is 3.54. The zero-order valence-electron chi connectivity index (χ0n) is 12.8. The molecular weight excluding hydrogens is 254 g/mol. The molecule has 3 N–H and O–H groups in total. The van der Waals surface area contributed by atoms with Crippen molar-refractivity contribution in [2.75, 3.05) is 19.6 Å². The summed E-state index contributed by atoms with van der Waals surface area (Å²) in [6, 6.07) is 0.203. The highest BCUT2D eigenvalue weighted by Gasteiger charge is 2.48. The summed E-state index contributed by atoms with van der Waals surface area (Å²) in [5.74, 6) is 0.0358. The SMILES string of the molecule is CC1CCC(C(N)=O)CN1C(=O)C1(C(C)C)CCNC1. The quantitative estimate of drug-likeness (QED) is 0.801. The van der Waals surface area contributed by atoms with Gasteiger partial charge in [0.05, 0.1) is 11.3 Å². The van der Waals surface area contributed by atoms with Gasteiger partial charge in [0.15, 0.2) is 0 Å². The molecule has 20 heavy (non-hydrogen) atoms. The lowest BCUT2D eigenvalue weighted by Gasteiger charge is -2.43. The van der Waals surface area contributed by atoms with Crippen molar-refractivity contribution in [1.82, 2.24) is 10.2 Å². The van der Waals surface area contributed by atoms with E-state index in [1.54, 1.807) is 0 Å². The van der Waals surface area contributed by atoms with Crippen LogP contribution >= 0.6 is 0 Å². The second-order valence-corrected chi connectivity index (χ2v) is 6.72. The molecule has 2 aliphatic heterocycles. The van der Waals surface area contributed by atoms with Crippen LogP contribution in [0.1, 0.15) is 40.0 Å². The van der Waals surface area contributed by atoms with Gasteiger partial charge in [0.2, 0.25) is 11.8 Å². The maximum atomic E-state index is 13.1. The van der Waals surface area contributed by atoms with Crippen molar-refractivity contribution in [3.8, 4) is 0 Å². The fraction of sp³-hybridized carbons (Fsp3) is 0.867. The van der Waals surface area contributed by atoms with Gasteiger partial charge in [-0.3, -0.25) is 9.59 Å². The summed E-state index contributed by atoms with van der Waals surface area (Å²) in [7, 11) is 0. The molecule has 5 nitrogen and oxygen atoms in total. The lowest BCUT2D eigenvalue weighted by Crippen LogP contribution is -2.55. The minimum absolute atomic E-state index is 0.186. The summed E-state index contributed by atoms with van der Waals surface area (Å²) in [5, 5.41) is 3.32. The molecule has 0 bridgehead atoms. The van der Waals surface area contributed by atoms with Gasteiger partial charge >= 0.3 is 0 Å². The van der Waals surface area contributed by atoms with Gasteiger partial charge in [-0.2, -0.15) is 0 Å². The van der Waals surface area contributed by atoms with Gasteiger partial charge in [-0.15, -0.1) is 0 Å². The van der Waals surface area contributed by atoms with Crippen molar-refractivity contribution in [2.24, 2.45) is 23.0 Å². The highest BCUT2D eigenvalue weighted by Crippen LogP contribution is 2.38. The predicted molar refractivity (Wildman–Crippen MR) is 77.9 cm³/mol. The Balaban J connectivity index is 2.19. The van der Waals surface area contributed by atoms with Crippen LogP contribution < -0.4 is 11.1 Å². The minimum atomic E-state index is -0.312. The first kappa shape index (κ1) is 15.3. The first-order chi connectivity index (χ1) is 9.38. The molecule has 2 amide bonds. The Kier molecular flexibility index (Phi) is 4.37. The fourth-order valence-electron chi connectivity index (χ4n) is 3.54. The molecule has 5 heteroatoms. The Hall–Kier alpha value is -1.10. The molecule has 0 aromatic carbocycles. The van der Waals surface area contributed by atoms with Gasteiger partial charge in [-0.1, -0.05) is 13.8 Å². The zero-order chi connectivity index (χ0) is 14.9. The number of primary amides is 1. The lowest BCUT2D eigenvalue weighted by molar-refractivity contribution is -0.149. The highest BCUT2D eigenvalue weighted by atomic mass is 16.2. The second kappa shape index (κ2) is 5.72. The van der Waals surface area contributed by atoms with E-state index in [0.29, 0.717) is 12.5 Å². The first-order valence-electron chi connectivity index (χ1n) is 7.69. The Morgan fingerprint density at radius 1 is 1.35 bits per heavy atom. The van der Waals surface area contributed by atoms with Crippen LogP contribution in [0.4, 0.5) is 0 Å². The van der Waals surface area contributed by atoms with E-state index in [1.807, 2.05) is 4.90 Å². The minimum Gasteiger partial charge on any atom is -0.369 e. The monoisotopic (exact) mass is 281 g/mol. The van der Waals surface area contributed by atoms with Gasteiger partial charge in [-0.25, -0.2) is 0 Å². The number of nitrogens with zero attached hydrogens (tertiary/aromatic N) is 1. The van der Waals surface area contributed by atoms with E-state index in [0.717, 1.165) is 32.4 Å². The van der Waals surface area contributed by atoms with Crippen LogP contribution in [-0.2, 0) is 9.59 Å². The number of nitrogens with one attached hydrogen (secondary N) is 1. The van der Waals surface area contributed by atoms with E-state index < -0.39 is 0 Å². The normalized spacial score (nSPS) is 34.5. The maximum Gasteiger partial charge on any atom is 0.230 e. The summed E-state index contributed by atoms with van der Waals surface area (Å²) in [5.41, 5.74) is 5.12. The van der Waals surface area contributed by atoms with E-state index >= 15 is 0 Å². The molecule has 2 fully saturated rings. The Morgan fingerprint density at radius 3 is 2.55 bits per heavy atom. The molecule has 0 radical (unpaired) electrons. The molecule has 0 aromatic heterocycles. The summed E-state index contributed by atoms with van der Waals surface area (Å²) in [6.45, 7) is 8.44. The number of nitrogens with two attached hydrogens (primary N) is 1. The number of carbonyl (C=O) groups excluding carboxylic acids is 2. The van der Waals surface area contributed by atoms with E-state index in [4.69, 9.17) is 5.73 Å². The zero-order valence-corrected chi connectivity index (χ0v) is 12.8. The number of amides is 2. The van der Waals surface area contributed by atoms with Crippen LogP contribution in [-0.4, -0.2) is 42.4 Å². The summed E-state index contributed by atoms with van der Waals surface area (Å²) in [4.78, 5) is 26.4. The molecule has 2 heterocycles. The van der Waals surface area contributed by atoms with Crippen LogP contribution in [0, 0.1) is 17.3 Å². The van der Waals surface area contributed by atoms with Crippen molar-refractivity contribution in [3.63, 3.8) is 0 Å². The highest BCUT2D eigenvalue weighted by molar-refractivity contribution is 5.85. The standard InChI is InChI=1S/C15H27N3O2/c1-10(2)15(6-7-17-9-15)14(20)18-8-12(13(16)19)5-4-11(18)3/h10-12,17H,4-9H2,1-3H3,(H2,16,19). The van der Waals surface area contributed by atoms with Crippen molar-refractivity contribution >= 4 is 11.8 Å². The van der Waals surface area contributed by atoms with Crippen LogP contribution in [0.2, 0.25) is 0 Å². The third-order valence-electron chi connectivity index (χ3n) is 5.26. The molecule has 2 aliphatic rings. The Labute approximate surface area is 121 Å². The topological polar surface area (TPSA) is 75.4 Å². The van der Waals surface area contributed by atoms with Gasteiger partial charge in [0.25, 0.3) is 0 Å². The molecule has 3 unspecified atom stereocenters. The van der Waals surface area contributed by atoms with Crippen LogP contribution in [0.5, 0.6) is 0 Å². The van der Waals surface area contributed by atoms with Crippen LogP contribution in [0.25, 0.3) is 0 Å². The van der Waals surface area contributed by atoms with Crippen molar-refractivity contribution < 1.29 is 9.59 Å². The third-order valence-corrected chi connectivity index (χ3v) is 5.26. The molecule has 2 saturated heterocycles. The second-order valence-electron chi connectivity index (χ2n) is 6.72. The van der Waals surface area contributed by atoms with Gasteiger partial charge in [0, 0.05) is 19.1 Å². The molecular formula is C15H27N3O2. The lowest BCUT2D eigenvalue weighted by atomic mass is 9.74. The molecule has 3 atom stereocenters. The molecule has 2 rings (SSSR count). The van der Waals surface area contributed by atoms with Crippen molar-refractivity contribution in [1.29, 1.82) is 0 Å². The average Bonchev–Trinajstić information content (AvgIpc) is 2.88. The Morgan fingerprint density at radius 2 is 2.05 bits per heavy atom. The number of rotatable bonds is 3. The van der Waals surface area contributed by atoms with E-state index in [-0.39, 0.29) is 29.2 Å². The number of hydrogen-bond acceptors (Lipinski definition) is 3. The number of carbonyl (C=O) groups is 2. The molecule has 0 aromatic rings.